The van der Waals surface area contributed by atoms with Gasteiger partial charge in [0.2, 0.25) is 0 Å². The molecule has 0 aliphatic carbocycles. The summed E-state index contributed by atoms with van der Waals surface area (Å²) in [6.07, 6.45) is 45.5. The molecule has 0 spiro atoms. The van der Waals surface area contributed by atoms with Crippen LogP contribution in [0.2, 0.25) is 0 Å². The first-order chi connectivity index (χ1) is 24.8. The van der Waals surface area contributed by atoms with Gasteiger partial charge in [0.1, 0.15) is 6.61 Å². The smallest absolute Gasteiger partial charge is 0.462 e. The minimum Gasteiger partial charge on any atom is -0.462 e. The van der Waals surface area contributed by atoms with Crippen LogP contribution in [0.5, 0.6) is 0 Å². The third-order valence-corrected chi connectivity index (χ3v) is 9.13. The van der Waals surface area contributed by atoms with Gasteiger partial charge in [0.15, 0.2) is 6.10 Å². The Hall–Kier alpha value is -1.99. The van der Waals surface area contributed by atoms with E-state index in [1.807, 2.05) is 18.2 Å². The average Bonchev–Trinajstić information content (AvgIpc) is 3.10. The van der Waals surface area contributed by atoms with Crippen molar-refractivity contribution in [3.8, 4) is 0 Å². The molecule has 0 heterocycles. The Kier molecular flexibility index (Phi) is 36.3. The van der Waals surface area contributed by atoms with E-state index in [4.69, 9.17) is 19.3 Å². The molecule has 0 aromatic carbocycles. The summed E-state index contributed by atoms with van der Waals surface area (Å²) >= 11 is 0. The third-order valence-electron chi connectivity index (χ3n) is 8.64. The maximum atomic E-state index is 12.4. The first kappa shape index (κ1) is 49.0. The van der Waals surface area contributed by atoms with Crippen LogP contribution in [-0.2, 0) is 28.2 Å². The van der Waals surface area contributed by atoms with E-state index in [9.17, 15) is 14.2 Å². The number of hydrogen-bond acceptors (Lipinski definition) is 6. The van der Waals surface area contributed by atoms with Crippen LogP contribution in [0.3, 0.4) is 0 Å². The highest BCUT2D eigenvalue weighted by Crippen LogP contribution is 2.36. The van der Waals surface area contributed by atoms with E-state index in [1.165, 1.54) is 83.5 Å². The van der Waals surface area contributed by atoms with E-state index in [1.54, 1.807) is 0 Å². The van der Waals surface area contributed by atoms with Gasteiger partial charge in [-0.15, -0.1) is 0 Å². The number of ether oxygens (including phenoxy) is 2. The zero-order chi connectivity index (χ0) is 37.5. The van der Waals surface area contributed by atoms with Crippen LogP contribution in [0, 0.1) is 0 Å². The van der Waals surface area contributed by atoms with Crippen LogP contribution in [0.1, 0.15) is 187 Å². The number of phosphoric acid groups is 1. The Morgan fingerprint density at radius 2 is 0.961 bits per heavy atom. The van der Waals surface area contributed by atoms with Crippen LogP contribution < -0.4 is 0 Å². The number of rotatable bonds is 37. The predicted octanol–water partition coefficient (Wildman–Crippen LogP) is 12.3. The molecule has 0 rings (SSSR count). The van der Waals surface area contributed by atoms with Gasteiger partial charge in [-0.1, -0.05) is 165 Å². The van der Waals surface area contributed by atoms with Crippen molar-refractivity contribution >= 4 is 19.8 Å². The van der Waals surface area contributed by atoms with Gasteiger partial charge >= 0.3 is 19.8 Å². The fourth-order valence-corrected chi connectivity index (χ4v) is 5.96. The van der Waals surface area contributed by atoms with Crippen LogP contribution >= 0.6 is 7.82 Å². The second-order valence-corrected chi connectivity index (χ2v) is 14.9. The molecule has 8 nitrogen and oxygen atoms in total. The van der Waals surface area contributed by atoms with Gasteiger partial charge in [0, 0.05) is 12.8 Å². The number of carbonyl (C=O) groups is 2. The van der Waals surface area contributed by atoms with Crippen molar-refractivity contribution in [2.75, 3.05) is 13.2 Å². The predicted molar refractivity (Wildman–Crippen MR) is 211 cm³/mol. The van der Waals surface area contributed by atoms with Gasteiger partial charge in [0.25, 0.3) is 0 Å². The molecule has 9 heteroatoms. The largest absolute Gasteiger partial charge is 0.469 e. The van der Waals surface area contributed by atoms with E-state index in [2.05, 4.69) is 48.8 Å². The number of esters is 2. The van der Waals surface area contributed by atoms with E-state index in [-0.39, 0.29) is 19.4 Å². The Morgan fingerprint density at radius 1 is 0.529 bits per heavy atom. The summed E-state index contributed by atoms with van der Waals surface area (Å²) in [6, 6.07) is 0. The normalized spacial score (nSPS) is 12.9. The van der Waals surface area contributed by atoms with Crippen molar-refractivity contribution in [3.63, 3.8) is 0 Å². The second kappa shape index (κ2) is 37.8. The second-order valence-electron chi connectivity index (χ2n) is 13.6. The lowest BCUT2D eigenvalue weighted by molar-refractivity contribution is -0.161. The van der Waals surface area contributed by atoms with E-state index in [0.29, 0.717) is 12.8 Å². The lowest BCUT2D eigenvalue weighted by Crippen LogP contribution is -2.29. The first-order valence-electron chi connectivity index (χ1n) is 20.5. The number of hydrogen-bond donors (Lipinski definition) is 2. The van der Waals surface area contributed by atoms with Gasteiger partial charge in [0.05, 0.1) is 6.61 Å². The monoisotopic (exact) mass is 739 g/mol. The summed E-state index contributed by atoms with van der Waals surface area (Å²) in [7, 11) is -4.76. The summed E-state index contributed by atoms with van der Waals surface area (Å²) in [5.74, 6) is -0.914. The third kappa shape index (κ3) is 40.6. The van der Waals surface area contributed by atoms with Gasteiger partial charge in [-0.25, -0.2) is 4.57 Å². The van der Waals surface area contributed by atoms with Crippen molar-refractivity contribution in [2.24, 2.45) is 0 Å². The topological polar surface area (TPSA) is 119 Å². The summed E-state index contributed by atoms with van der Waals surface area (Å²) in [6.45, 7) is 3.53. The standard InChI is InChI=1S/C42H75O8P/c1-3-5-7-9-11-13-15-17-18-19-20-21-22-23-25-26-28-30-32-34-36-41(43)48-38-40(39-49-51(45,46)47)50-42(44)37-35-33-31-29-27-24-16-14-12-10-8-6-4-2/h6,8,10,12,14,16,20-21,40H,3-5,7,9,11,13,15,17-19,22-39H2,1-2H3,(H2,45,46,47)/b8-6+,12-10+,16-14+,21-20+. The van der Waals surface area contributed by atoms with Crippen LogP contribution in [0.25, 0.3) is 0 Å². The SMILES string of the molecule is CC/C=C/C=C/C=C/CCCCCCCC(=O)OC(COC(=O)CCCCCCCCC/C=C/CCCCCCCCCCC)COP(=O)(O)O. The fraction of sp³-hybridized carbons (Fsp3) is 0.762. The number of allylic oxidation sites excluding steroid dienone is 8. The molecule has 0 amide bonds. The van der Waals surface area contributed by atoms with Crippen molar-refractivity contribution in [3.05, 3.63) is 48.6 Å². The molecular formula is C42H75O8P. The molecule has 0 bridgehead atoms. The highest BCUT2D eigenvalue weighted by molar-refractivity contribution is 7.46. The molecule has 0 saturated carbocycles. The zero-order valence-electron chi connectivity index (χ0n) is 32.5. The molecule has 0 saturated heterocycles. The summed E-state index contributed by atoms with van der Waals surface area (Å²) < 4.78 is 26.3. The summed E-state index contributed by atoms with van der Waals surface area (Å²) in [5.41, 5.74) is 0. The molecule has 0 fully saturated rings. The summed E-state index contributed by atoms with van der Waals surface area (Å²) in [5, 5.41) is 0. The van der Waals surface area contributed by atoms with Gasteiger partial charge < -0.3 is 19.3 Å². The fourth-order valence-electron chi connectivity index (χ4n) is 5.60. The molecule has 2 N–H and O–H groups in total. The average molecular weight is 739 g/mol. The molecule has 0 aliphatic rings. The Balaban J connectivity index is 3.92. The molecule has 51 heavy (non-hydrogen) atoms. The number of carbonyl (C=O) groups excluding carboxylic acids is 2. The lowest BCUT2D eigenvalue weighted by atomic mass is 10.1. The molecule has 0 aromatic rings. The molecule has 0 aliphatic heterocycles. The van der Waals surface area contributed by atoms with Crippen molar-refractivity contribution < 1.29 is 37.9 Å². The van der Waals surface area contributed by atoms with Gasteiger partial charge in [-0.3, -0.25) is 14.1 Å². The minimum absolute atomic E-state index is 0.187. The molecular weight excluding hydrogens is 663 g/mol. The molecule has 296 valence electrons. The maximum absolute atomic E-state index is 12.4. The molecule has 0 radical (unpaired) electrons. The highest BCUT2D eigenvalue weighted by atomic mass is 31.2. The molecule has 1 atom stereocenters. The van der Waals surface area contributed by atoms with Crippen molar-refractivity contribution in [2.45, 2.75) is 193 Å². The van der Waals surface area contributed by atoms with Crippen molar-refractivity contribution in [1.29, 1.82) is 0 Å². The van der Waals surface area contributed by atoms with Crippen LogP contribution in [0.4, 0.5) is 0 Å². The summed E-state index contributed by atoms with van der Waals surface area (Å²) in [4.78, 5) is 42.8. The molecule has 1 unspecified atom stereocenters. The van der Waals surface area contributed by atoms with Crippen LogP contribution in [0.15, 0.2) is 48.6 Å². The molecule has 0 aromatic heterocycles. The Labute approximate surface area is 312 Å². The van der Waals surface area contributed by atoms with Gasteiger partial charge in [-0.05, 0) is 57.8 Å². The lowest BCUT2D eigenvalue weighted by Gasteiger charge is -2.18. The Morgan fingerprint density at radius 3 is 1.45 bits per heavy atom. The number of phosphoric ester groups is 1. The zero-order valence-corrected chi connectivity index (χ0v) is 33.4. The minimum atomic E-state index is -4.76. The van der Waals surface area contributed by atoms with Gasteiger partial charge in [-0.2, -0.15) is 0 Å². The maximum Gasteiger partial charge on any atom is 0.469 e. The van der Waals surface area contributed by atoms with E-state index >= 15 is 0 Å². The van der Waals surface area contributed by atoms with Crippen LogP contribution in [-0.4, -0.2) is 41.0 Å². The van der Waals surface area contributed by atoms with E-state index in [0.717, 1.165) is 64.2 Å². The Bertz CT molecular complexity index is 968. The van der Waals surface area contributed by atoms with Crippen molar-refractivity contribution in [1.82, 2.24) is 0 Å². The number of unbranched alkanes of at least 4 members (excludes halogenated alkanes) is 21. The van der Waals surface area contributed by atoms with E-state index < -0.39 is 32.5 Å². The highest BCUT2D eigenvalue weighted by Gasteiger charge is 2.22. The quantitative estimate of drug-likeness (QED) is 0.0212. The first-order valence-corrected chi connectivity index (χ1v) is 22.0.